The molecule has 1 aromatic rings. The summed E-state index contributed by atoms with van der Waals surface area (Å²) in [6, 6.07) is 12.3. The normalized spacial score (nSPS) is 10.7. The minimum absolute atomic E-state index is 1.27. The van der Waals surface area contributed by atoms with Crippen molar-refractivity contribution in [1.29, 1.82) is 0 Å². The van der Waals surface area contributed by atoms with E-state index in [2.05, 4.69) is 30.3 Å². The summed E-state index contributed by atoms with van der Waals surface area (Å²) in [5, 5.41) is 0. The summed E-state index contributed by atoms with van der Waals surface area (Å²) < 4.78 is 0. The number of hydrogen-bond donors (Lipinski definition) is 0. The maximum Gasteiger partial charge on any atom is 0.00279 e. The molecule has 0 aromatic heterocycles. The van der Waals surface area contributed by atoms with Crippen LogP contribution in [0.2, 0.25) is 6.04 Å². The lowest BCUT2D eigenvalue weighted by Gasteiger charge is -2.01. The van der Waals surface area contributed by atoms with Crippen LogP contribution in [-0.2, 0) is 6.42 Å². The van der Waals surface area contributed by atoms with Crippen molar-refractivity contribution in [2.75, 3.05) is 0 Å². The van der Waals surface area contributed by atoms with Crippen LogP contribution < -0.4 is 0 Å². The third-order valence-corrected chi connectivity index (χ3v) is 3.62. The zero-order chi connectivity index (χ0) is 10.8. The highest BCUT2D eigenvalue weighted by Gasteiger charge is 1.92. The second kappa shape index (κ2) is 8.72. The highest BCUT2D eigenvalue weighted by molar-refractivity contribution is 6.08. The Morgan fingerprint density at radius 2 is 1.33 bits per heavy atom. The number of hydrogen-bond acceptors (Lipinski definition) is 0. The van der Waals surface area contributed by atoms with E-state index >= 15 is 0 Å². The van der Waals surface area contributed by atoms with Crippen molar-refractivity contribution in [3.63, 3.8) is 0 Å². The summed E-state index contributed by atoms with van der Waals surface area (Å²) in [6.07, 6.45) is 9.88. The van der Waals surface area contributed by atoms with Gasteiger partial charge in [-0.25, -0.2) is 0 Å². The van der Waals surface area contributed by atoms with Gasteiger partial charge in [-0.15, -0.1) is 0 Å². The largest absolute Gasteiger partial charge is 0.0658 e. The second-order valence-electron chi connectivity index (χ2n) is 4.36. The lowest BCUT2D eigenvalue weighted by molar-refractivity contribution is 0.607. The van der Waals surface area contributed by atoms with Gasteiger partial charge in [-0.3, -0.25) is 0 Å². The average molecular weight is 220 g/mol. The zero-order valence-electron chi connectivity index (χ0n) is 10.0. The van der Waals surface area contributed by atoms with E-state index in [-0.39, 0.29) is 0 Å². The Hall–Kier alpha value is -0.563. The van der Waals surface area contributed by atoms with Gasteiger partial charge in [0.05, 0.1) is 0 Å². The van der Waals surface area contributed by atoms with Gasteiger partial charge in [-0.2, -0.15) is 0 Å². The van der Waals surface area contributed by atoms with E-state index in [0.717, 1.165) is 0 Å². The Morgan fingerprint density at radius 1 is 0.733 bits per heavy atom. The highest BCUT2D eigenvalue weighted by atomic mass is 28.1. The van der Waals surface area contributed by atoms with Crippen molar-refractivity contribution < 1.29 is 0 Å². The molecule has 0 bridgehead atoms. The third-order valence-electron chi connectivity index (χ3n) is 2.91. The van der Waals surface area contributed by atoms with E-state index in [1.807, 2.05) is 0 Å². The van der Waals surface area contributed by atoms with Gasteiger partial charge in [0.2, 0.25) is 0 Å². The average Bonchev–Trinajstić information content (AvgIpc) is 2.29. The van der Waals surface area contributed by atoms with E-state index in [1.54, 1.807) is 0 Å². The molecule has 84 valence electrons. The van der Waals surface area contributed by atoms with Crippen molar-refractivity contribution in [3.05, 3.63) is 35.9 Å². The number of unbranched alkanes of at least 4 members (excludes halogenated alkanes) is 5. The Kier molecular flexibility index (Phi) is 7.27. The number of rotatable bonds is 8. The van der Waals surface area contributed by atoms with E-state index in [9.17, 15) is 0 Å². The Morgan fingerprint density at radius 3 is 2.00 bits per heavy atom. The van der Waals surface area contributed by atoms with E-state index in [4.69, 9.17) is 0 Å². The SMILES string of the molecule is [SiH3]CCCCCCCCc1ccccc1. The summed E-state index contributed by atoms with van der Waals surface area (Å²) in [4.78, 5) is 0. The lowest BCUT2D eigenvalue weighted by atomic mass is 10.1. The smallest absolute Gasteiger partial charge is 0.00279 e. The van der Waals surface area contributed by atoms with Crippen molar-refractivity contribution in [2.24, 2.45) is 0 Å². The standard InChI is InChI=1S/C14H24Si/c15-13-9-4-2-1-3-6-10-14-11-7-5-8-12-14/h5,7-8,11-12H,1-4,6,9-10,13H2,15H3. The predicted molar refractivity (Wildman–Crippen MR) is 72.6 cm³/mol. The van der Waals surface area contributed by atoms with Crippen LogP contribution in [0.1, 0.15) is 44.1 Å². The molecule has 0 saturated carbocycles. The molecule has 0 N–H and O–H groups in total. The molecule has 0 amide bonds. The van der Waals surface area contributed by atoms with Gasteiger partial charge in [-0.1, -0.05) is 68.5 Å². The van der Waals surface area contributed by atoms with E-state index < -0.39 is 0 Å². The fraction of sp³-hybridized carbons (Fsp3) is 0.571. The van der Waals surface area contributed by atoms with Crippen LogP contribution in [0.25, 0.3) is 0 Å². The van der Waals surface area contributed by atoms with Crippen LogP contribution in [0, 0.1) is 0 Å². The maximum atomic E-state index is 2.24. The molecule has 0 aliphatic heterocycles. The van der Waals surface area contributed by atoms with Crippen molar-refractivity contribution >= 4 is 10.2 Å². The summed E-state index contributed by atoms with van der Waals surface area (Å²) in [5.74, 6) is 0. The molecule has 0 saturated heterocycles. The minimum Gasteiger partial charge on any atom is -0.0658 e. The molecule has 15 heavy (non-hydrogen) atoms. The third kappa shape index (κ3) is 6.51. The van der Waals surface area contributed by atoms with Gasteiger partial charge in [0, 0.05) is 10.2 Å². The molecule has 1 aromatic carbocycles. The molecule has 0 unspecified atom stereocenters. The van der Waals surface area contributed by atoms with Crippen LogP contribution in [0.4, 0.5) is 0 Å². The van der Waals surface area contributed by atoms with Gasteiger partial charge < -0.3 is 0 Å². The van der Waals surface area contributed by atoms with E-state index in [1.165, 1.54) is 66.8 Å². The summed E-state index contributed by atoms with van der Waals surface area (Å²) in [7, 11) is 1.39. The Balaban J connectivity index is 1.93. The Labute approximate surface area is 97.5 Å². The molecule has 0 spiro atoms. The van der Waals surface area contributed by atoms with Crippen LogP contribution in [0.5, 0.6) is 0 Å². The van der Waals surface area contributed by atoms with Gasteiger partial charge in [0.1, 0.15) is 0 Å². The van der Waals surface area contributed by atoms with Gasteiger partial charge in [0.25, 0.3) is 0 Å². The molecule has 0 nitrogen and oxygen atoms in total. The molecule has 0 heterocycles. The van der Waals surface area contributed by atoms with Gasteiger partial charge >= 0.3 is 0 Å². The summed E-state index contributed by atoms with van der Waals surface area (Å²) >= 11 is 0. The molecule has 0 atom stereocenters. The number of aryl methyl sites for hydroxylation is 1. The monoisotopic (exact) mass is 220 g/mol. The Bertz CT molecular complexity index is 230. The topological polar surface area (TPSA) is 0 Å². The number of benzene rings is 1. The summed E-state index contributed by atoms with van der Waals surface area (Å²) in [5.41, 5.74) is 1.50. The molecule has 1 rings (SSSR count). The minimum atomic E-state index is 1.27. The predicted octanol–water partition coefficient (Wildman–Crippen LogP) is 3.35. The van der Waals surface area contributed by atoms with Crippen LogP contribution in [0.3, 0.4) is 0 Å². The van der Waals surface area contributed by atoms with Crippen molar-refractivity contribution in [1.82, 2.24) is 0 Å². The molecule has 0 fully saturated rings. The van der Waals surface area contributed by atoms with Crippen molar-refractivity contribution in [2.45, 2.75) is 51.0 Å². The first-order valence-corrected chi connectivity index (χ1v) is 7.89. The molecule has 0 radical (unpaired) electrons. The quantitative estimate of drug-likeness (QED) is 0.465. The van der Waals surface area contributed by atoms with Crippen molar-refractivity contribution in [3.8, 4) is 0 Å². The fourth-order valence-corrected chi connectivity index (χ4v) is 2.43. The molecule has 0 aliphatic rings. The molecule has 0 aliphatic carbocycles. The van der Waals surface area contributed by atoms with E-state index in [0.29, 0.717) is 0 Å². The molecular weight excluding hydrogens is 196 g/mol. The van der Waals surface area contributed by atoms with Gasteiger partial charge in [-0.05, 0) is 18.4 Å². The molecule has 1 heteroatoms. The first-order chi connectivity index (χ1) is 7.43. The zero-order valence-corrected chi connectivity index (χ0v) is 12.0. The first-order valence-electron chi connectivity index (χ1n) is 6.47. The second-order valence-corrected chi connectivity index (χ2v) is 5.36. The van der Waals surface area contributed by atoms with Gasteiger partial charge in [0.15, 0.2) is 0 Å². The lowest BCUT2D eigenvalue weighted by Crippen LogP contribution is -1.85. The molecular formula is C14H24Si. The summed E-state index contributed by atoms with van der Waals surface area (Å²) in [6.45, 7) is 0. The van der Waals surface area contributed by atoms with Crippen LogP contribution >= 0.6 is 0 Å². The van der Waals surface area contributed by atoms with Crippen LogP contribution in [0.15, 0.2) is 30.3 Å². The fourth-order valence-electron chi connectivity index (χ4n) is 1.93. The van der Waals surface area contributed by atoms with Crippen LogP contribution in [-0.4, -0.2) is 10.2 Å². The highest BCUT2D eigenvalue weighted by Crippen LogP contribution is 2.10. The first kappa shape index (κ1) is 12.5. The maximum absolute atomic E-state index is 2.24.